The molecule has 0 aliphatic carbocycles. The van der Waals surface area contributed by atoms with Crippen LogP contribution in [0, 0.1) is 5.92 Å². The summed E-state index contributed by atoms with van der Waals surface area (Å²) in [5.41, 5.74) is 5.68. The molecule has 118 valence electrons. The van der Waals surface area contributed by atoms with Crippen LogP contribution in [0.3, 0.4) is 0 Å². The van der Waals surface area contributed by atoms with Gasteiger partial charge in [0.2, 0.25) is 0 Å². The van der Waals surface area contributed by atoms with Crippen LogP contribution in [0.1, 0.15) is 30.6 Å². The van der Waals surface area contributed by atoms with Gasteiger partial charge >= 0.3 is 0 Å². The van der Waals surface area contributed by atoms with Crippen molar-refractivity contribution in [2.75, 3.05) is 18.8 Å². The highest BCUT2D eigenvalue weighted by Crippen LogP contribution is 2.29. The largest absolute Gasteiger partial charge is 0.385 e. The third-order valence-electron chi connectivity index (χ3n) is 4.29. The van der Waals surface area contributed by atoms with Gasteiger partial charge in [-0.05, 0) is 37.9 Å². The van der Waals surface area contributed by atoms with Crippen LogP contribution >= 0.6 is 0 Å². The number of hydrogen-bond donors (Lipinski definition) is 2. The third-order valence-corrected chi connectivity index (χ3v) is 4.29. The van der Waals surface area contributed by atoms with E-state index in [2.05, 4.69) is 19.9 Å². The Balaban J connectivity index is 1.55. The fourth-order valence-corrected chi connectivity index (χ4v) is 2.99. The Hall–Kier alpha value is -1.99. The number of aliphatic hydroxyl groups is 1. The molecule has 7 nitrogen and oxygen atoms in total. The van der Waals surface area contributed by atoms with E-state index in [4.69, 9.17) is 5.73 Å². The molecule has 1 atom stereocenters. The lowest BCUT2D eigenvalue weighted by atomic mass is 9.90. The average molecular weight is 302 g/mol. The van der Waals surface area contributed by atoms with Gasteiger partial charge in [-0.2, -0.15) is 0 Å². The van der Waals surface area contributed by atoms with Crippen molar-refractivity contribution in [2.24, 2.45) is 13.0 Å². The number of nitrogens with two attached hydrogens (primary N) is 1. The summed E-state index contributed by atoms with van der Waals surface area (Å²) in [5.74, 6) is 2.25. The third kappa shape index (κ3) is 3.26. The molecule has 1 aliphatic rings. The first-order valence-corrected chi connectivity index (χ1v) is 7.58. The quantitative estimate of drug-likeness (QED) is 0.865. The number of nitrogens with zero attached hydrogens (tertiary/aromatic N) is 5. The highest BCUT2D eigenvalue weighted by atomic mass is 16.3. The number of aryl methyl sites for hydroxylation is 1. The number of imidazole rings is 1. The molecule has 3 heterocycles. The number of aromatic nitrogens is 4. The van der Waals surface area contributed by atoms with Crippen molar-refractivity contribution >= 4 is 5.82 Å². The van der Waals surface area contributed by atoms with E-state index in [9.17, 15) is 5.11 Å². The smallest absolute Gasteiger partial charge is 0.144 e. The topological polar surface area (TPSA) is 93.1 Å². The lowest BCUT2D eigenvalue weighted by Crippen LogP contribution is -2.36. The molecule has 1 saturated heterocycles. The van der Waals surface area contributed by atoms with Gasteiger partial charge in [0.15, 0.2) is 0 Å². The van der Waals surface area contributed by atoms with Gasteiger partial charge in [0.05, 0.1) is 6.54 Å². The summed E-state index contributed by atoms with van der Waals surface area (Å²) in [6, 6.07) is 1.69. The predicted molar refractivity (Wildman–Crippen MR) is 82.6 cm³/mol. The molecule has 2 aromatic rings. The highest BCUT2D eigenvalue weighted by Gasteiger charge is 2.28. The SMILES string of the molecule is Cn1ccnc1C(O)C1CCN(Cc2nccc(N)n2)CC1. The summed E-state index contributed by atoms with van der Waals surface area (Å²) in [7, 11) is 1.91. The van der Waals surface area contributed by atoms with Crippen molar-refractivity contribution in [1.29, 1.82) is 0 Å². The fourth-order valence-electron chi connectivity index (χ4n) is 2.99. The number of anilines is 1. The monoisotopic (exact) mass is 302 g/mol. The Morgan fingerprint density at radius 2 is 2.09 bits per heavy atom. The van der Waals surface area contributed by atoms with Crippen molar-refractivity contribution < 1.29 is 5.11 Å². The van der Waals surface area contributed by atoms with Gasteiger partial charge < -0.3 is 15.4 Å². The number of rotatable bonds is 4. The first-order valence-electron chi connectivity index (χ1n) is 7.58. The molecular formula is C15H22N6O. The maximum absolute atomic E-state index is 10.5. The lowest BCUT2D eigenvalue weighted by molar-refractivity contribution is 0.0486. The second-order valence-electron chi connectivity index (χ2n) is 5.85. The normalized spacial score (nSPS) is 18.5. The molecule has 0 aromatic carbocycles. The summed E-state index contributed by atoms with van der Waals surface area (Å²) >= 11 is 0. The van der Waals surface area contributed by atoms with Gasteiger partial charge in [-0.3, -0.25) is 4.90 Å². The van der Waals surface area contributed by atoms with E-state index in [0.717, 1.165) is 37.6 Å². The Morgan fingerprint density at radius 1 is 1.32 bits per heavy atom. The minimum atomic E-state index is -0.495. The summed E-state index contributed by atoms with van der Waals surface area (Å²) in [6.07, 6.45) is 6.67. The second-order valence-corrected chi connectivity index (χ2v) is 5.85. The lowest BCUT2D eigenvalue weighted by Gasteiger charge is -2.33. The van der Waals surface area contributed by atoms with Crippen molar-refractivity contribution in [1.82, 2.24) is 24.4 Å². The van der Waals surface area contributed by atoms with Crippen LogP contribution in [0.2, 0.25) is 0 Å². The number of aliphatic hydroxyl groups excluding tert-OH is 1. The zero-order valence-corrected chi connectivity index (χ0v) is 12.8. The van der Waals surface area contributed by atoms with E-state index in [1.54, 1.807) is 18.5 Å². The molecule has 0 saturated carbocycles. The fraction of sp³-hybridized carbons (Fsp3) is 0.533. The molecular weight excluding hydrogens is 280 g/mol. The van der Waals surface area contributed by atoms with Crippen molar-refractivity contribution in [2.45, 2.75) is 25.5 Å². The molecule has 7 heteroatoms. The van der Waals surface area contributed by atoms with Crippen molar-refractivity contribution in [3.05, 3.63) is 36.3 Å². The molecule has 1 aliphatic heterocycles. The van der Waals surface area contributed by atoms with Crippen molar-refractivity contribution in [3.8, 4) is 0 Å². The summed E-state index contributed by atoms with van der Waals surface area (Å²) in [4.78, 5) is 15.0. The number of piperidine rings is 1. The van der Waals surface area contributed by atoms with Crippen LogP contribution in [0.15, 0.2) is 24.7 Å². The maximum atomic E-state index is 10.5. The van der Waals surface area contributed by atoms with Gasteiger partial charge in [0, 0.05) is 25.6 Å². The maximum Gasteiger partial charge on any atom is 0.144 e. The summed E-state index contributed by atoms with van der Waals surface area (Å²) in [6.45, 7) is 2.55. The molecule has 0 radical (unpaired) electrons. The van der Waals surface area contributed by atoms with Gasteiger partial charge in [0.25, 0.3) is 0 Å². The number of nitrogen functional groups attached to an aromatic ring is 1. The zero-order chi connectivity index (χ0) is 15.5. The Labute approximate surface area is 129 Å². The molecule has 0 spiro atoms. The number of hydrogen-bond acceptors (Lipinski definition) is 6. The van der Waals surface area contributed by atoms with Gasteiger partial charge in [0.1, 0.15) is 23.6 Å². The van der Waals surface area contributed by atoms with E-state index >= 15 is 0 Å². The first kappa shape index (κ1) is 14.9. The molecule has 1 fully saturated rings. The summed E-state index contributed by atoms with van der Waals surface area (Å²) in [5, 5.41) is 10.5. The Bertz CT molecular complexity index is 620. The van der Waals surface area contributed by atoms with Crippen LogP contribution in [0.5, 0.6) is 0 Å². The highest BCUT2D eigenvalue weighted by molar-refractivity contribution is 5.24. The number of likely N-dealkylation sites (tertiary alicyclic amines) is 1. The van der Waals surface area contributed by atoms with Gasteiger partial charge in [-0.25, -0.2) is 15.0 Å². The average Bonchev–Trinajstić information content (AvgIpc) is 2.93. The standard InChI is InChI=1S/C15H22N6O/c1-20-9-6-18-15(20)14(22)11-3-7-21(8-4-11)10-13-17-5-2-12(16)19-13/h2,5-6,9,11,14,22H,3-4,7-8,10H2,1H3,(H2,16,17,19). The van der Waals surface area contributed by atoms with Crippen LogP contribution < -0.4 is 5.73 Å². The van der Waals surface area contributed by atoms with E-state index in [1.165, 1.54) is 0 Å². The minimum absolute atomic E-state index is 0.249. The molecule has 0 amide bonds. The van der Waals surface area contributed by atoms with Crippen LogP contribution in [0.25, 0.3) is 0 Å². The van der Waals surface area contributed by atoms with Gasteiger partial charge in [-0.15, -0.1) is 0 Å². The molecule has 2 aromatic heterocycles. The summed E-state index contributed by atoms with van der Waals surface area (Å²) < 4.78 is 1.89. The molecule has 1 unspecified atom stereocenters. The van der Waals surface area contributed by atoms with E-state index in [-0.39, 0.29) is 5.92 Å². The Morgan fingerprint density at radius 3 is 2.73 bits per heavy atom. The van der Waals surface area contributed by atoms with E-state index < -0.39 is 6.10 Å². The molecule has 3 N–H and O–H groups in total. The Kier molecular flexibility index (Phi) is 4.35. The van der Waals surface area contributed by atoms with Crippen LogP contribution in [-0.2, 0) is 13.6 Å². The first-order chi connectivity index (χ1) is 10.6. The van der Waals surface area contributed by atoms with E-state index in [0.29, 0.717) is 12.4 Å². The predicted octanol–water partition coefficient (Wildman–Crippen LogP) is 0.738. The molecule has 3 rings (SSSR count). The van der Waals surface area contributed by atoms with Crippen LogP contribution in [0.4, 0.5) is 5.82 Å². The van der Waals surface area contributed by atoms with Crippen molar-refractivity contribution in [3.63, 3.8) is 0 Å². The second kappa shape index (κ2) is 6.41. The zero-order valence-electron chi connectivity index (χ0n) is 12.8. The van der Waals surface area contributed by atoms with Crippen LogP contribution in [-0.4, -0.2) is 42.6 Å². The minimum Gasteiger partial charge on any atom is -0.385 e. The molecule has 22 heavy (non-hydrogen) atoms. The molecule has 0 bridgehead atoms. The van der Waals surface area contributed by atoms with Gasteiger partial charge in [-0.1, -0.05) is 0 Å². The van der Waals surface area contributed by atoms with E-state index in [1.807, 2.05) is 17.8 Å².